The van der Waals surface area contributed by atoms with Crippen LogP contribution in [0.2, 0.25) is 0 Å². The molecule has 2 aromatic rings. The zero-order valence-corrected chi connectivity index (χ0v) is 9.87. The molecule has 5 heteroatoms. The summed E-state index contributed by atoms with van der Waals surface area (Å²) < 4.78 is 0. The van der Waals surface area contributed by atoms with Crippen molar-refractivity contribution in [3.05, 3.63) is 46.2 Å². The highest BCUT2D eigenvalue weighted by molar-refractivity contribution is 7.09. The monoisotopic (exact) mass is 234 g/mol. The number of hydrazine groups is 1. The van der Waals surface area contributed by atoms with Crippen LogP contribution in [0, 0.1) is 6.92 Å². The smallest absolute Gasteiger partial charge is 0.0794 e. The normalized spacial score (nSPS) is 12.6. The first kappa shape index (κ1) is 11.2. The third kappa shape index (κ3) is 2.63. The second-order valence-electron chi connectivity index (χ2n) is 3.62. The maximum absolute atomic E-state index is 5.59. The molecule has 2 heterocycles. The van der Waals surface area contributed by atoms with Gasteiger partial charge in [0.2, 0.25) is 0 Å². The number of nitrogens with zero attached hydrogens (tertiary/aromatic N) is 2. The first-order valence-electron chi connectivity index (χ1n) is 5.05. The molecule has 2 rings (SSSR count). The van der Waals surface area contributed by atoms with E-state index in [2.05, 4.69) is 15.4 Å². The van der Waals surface area contributed by atoms with E-state index in [1.807, 2.05) is 37.0 Å². The van der Waals surface area contributed by atoms with E-state index in [1.165, 1.54) is 4.88 Å². The summed E-state index contributed by atoms with van der Waals surface area (Å²) in [7, 11) is 0. The van der Waals surface area contributed by atoms with E-state index in [-0.39, 0.29) is 6.04 Å². The lowest BCUT2D eigenvalue weighted by Crippen LogP contribution is -2.29. The van der Waals surface area contributed by atoms with Crippen molar-refractivity contribution in [2.45, 2.75) is 19.4 Å². The highest BCUT2D eigenvalue weighted by atomic mass is 32.1. The van der Waals surface area contributed by atoms with E-state index < -0.39 is 0 Å². The van der Waals surface area contributed by atoms with Crippen LogP contribution in [-0.4, -0.2) is 9.97 Å². The van der Waals surface area contributed by atoms with Gasteiger partial charge in [0.15, 0.2) is 0 Å². The number of rotatable bonds is 4. The van der Waals surface area contributed by atoms with Crippen molar-refractivity contribution in [2.24, 2.45) is 5.84 Å². The highest BCUT2D eigenvalue weighted by Gasteiger charge is 2.11. The van der Waals surface area contributed by atoms with Gasteiger partial charge in [-0.2, -0.15) is 0 Å². The summed E-state index contributed by atoms with van der Waals surface area (Å²) in [6, 6.07) is 4.14. The predicted molar refractivity (Wildman–Crippen MR) is 64.9 cm³/mol. The molecule has 16 heavy (non-hydrogen) atoms. The van der Waals surface area contributed by atoms with Crippen molar-refractivity contribution in [3.8, 4) is 0 Å². The lowest BCUT2D eigenvalue weighted by Gasteiger charge is -2.15. The first-order valence-corrected chi connectivity index (χ1v) is 5.93. The molecular weight excluding hydrogens is 220 g/mol. The Hall–Kier alpha value is -1.30. The Labute approximate surface area is 98.5 Å². The number of thiazole rings is 1. The summed E-state index contributed by atoms with van der Waals surface area (Å²) in [6.07, 6.45) is 4.54. The molecule has 0 aliphatic carbocycles. The van der Waals surface area contributed by atoms with Gasteiger partial charge >= 0.3 is 0 Å². The topological polar surface area (TPSA) is 63.8 Å². The Morgan fingerprint density at radius 3 is 3.06 bits per heavy atom. The van der Waals surface area contributed by atoms with Gasteiger partial charge in [0.25, 0.3) is 0 Å². The molecule has 1 unspecified atom stereocenters. The summed E-state index contributed by atoms with van der Waals surface area (Å²) in [4.78, 5) is 9.45. The maximum atomic E-state index is 5.59. The standard InChI is InChI=1S/C11H14N4S/c1-8-4-9(2-3-14-8)11(15-12)5-10-6-13-7-16-10/h2-4,6-7,11,15H,5,12H2,1H3. The number of hydrogen-bond donors (Lipinski definition) is 2. The Morgan fingerprint density at radius 2 is 2.44 bits per heavy atom. The van der Waals surface area contributed by atoms with Gasteiger partial charge in [0, 0.05) is 29.4 Å². The Morgan fingerprint density at radius 1 is 1.56 bits per heavy atom. The Balaban J connectivity index is 2.16. The second-order valence-corrected chi connectivity index (χ2v) is 4.59. The molecule has 0 aromatic carbocycles. The van der Waals surface area contributed by atoms with Crippen LogP contribution in [0.5, 0.6) is 0 Å². The molecule has 3 N–H and O–H groups in total. The number of pyridine rings is 1. The third-order valence-electron chi connectivity index (χ3n) is 2.41. The Bertz CT molecular complexity index is 441. The van der Waals surface area contributed by atoms with Gasteiger partial charge in [0.05, 0.1) is 11.6 Å². The van der Waals surface area contributed by atoms with Crippen molar-refractivity contribution < 1.29 is 0 Å². The highest BCUT2D eigenvalue weighted by Crippen LogP contribution is 2.19. The molecule has 0 radical (unpaired) electrons. The van der Waals surface area contributed by atoms with Crippen LogP contribution >= 0.6 is 11.3 Å². The molecule has 0 aliphatic heterocycles. The average Bonchev–Trinajstić information content (AvgIpc) is 2.78. The largest absolute Gasteiger partial charge is 0.271 e. The lowest BCUT2D eigenvalue weighted by atomic mass is 10.0. The number of aromatic nitrogens is 2. The molecule has 0 fully saturated rings. The van der Waals surface area contributed by atoms with Crippen molar-refractivity contribution >= 4 is 11.3 Å². The van der Waals surface area contributed by atoms with Crippen LogP contribution in [0.3, 0.4) is 0 Å². The van der Waals surface area contributed by atoms with E-state index >= 15 is 0 Å². The lowest BCUT2D eigenvalue weighted by molar-refractivity contribution is 0.554. The van der Waals surface area contributed by atoms with E-state index in [1.54, 1.807) is 11.3 Å². The minimum Gasteiger partial charge on any atom is -0.271 e. The SMILES string of the molecule is Cc1cc(C(Cc2cncs2)NN)ccn1. The van der Waals surface area contributed by atoms with E-state index in [4.69, 9.17) is 5.84 Å². The van der Waals surface area contributed by atoms with Crippen LogP contribution in [-0.2, 0) is 6.42 Å². The molecule has 0 saturated heterocycles. The van der Waals surface area contributed by atoms with Crippen LogP contribution < -0.4 is 11.3 Å². The third-order valence-corrected chi connectivity index (χ3v) is 3.21. The quantitative estimate of drug-likeness (QED) is 0.623. The molecule has 0 amide bonds. The van der Waals surface area contributed by atoms with Crippen molar-refractivity contribution in [1.29, 1.82) is 0 Å². The second kappa shape index (κ2) is 5.16. The number of nitrogens with one attached hydrogen (secondary N) is 1. The number of aryl methyl sites for hydroxylation is 1. The molecule has 0 spiro atoms. The summed E-state index contributed by atoms with van der Waals surface area (Å²) in [6.45, 7) is 1.98. The van der Waals surface area contributed by atoms with E-state index in [0.717, 1.165) is 17.7 Å². The van der Waals surface area contributed by atoms with Crippen LogP contribution in [0.1, 0.15) is 22.2 Å². The van der Waals surface area contributed by atoms with Crippen molar-refractivity contribution in [2.75, 3.05) is 0 Å². The molecule has 0 aliphatic rings. The zero-order valence-electron chi connectivity index (χ0n) is 9.05. The zero-order chi connectivity index (χ0) is 11.4. The van der Waals surface area contributed by atoms with Gasteiger partial charge in [-0.1, -0.05) is 0 Å². The van der Waals surface area contributed by atoms with E-state index in [9.17, 15) is 0 Å². The molecule has 4 nitrogen and oxygen atoms in total. The molecule has 84 valence electrons. The molecule has 2 aromatic heterocycles. The molecule has 1 atom stereocenters. The predicted octanol–water partition coefficient (Wildman–Crippen LogP) is 1.59. The van der Waals surface area contributed by atoms with Crippen molar-refractivity contribution in [3.63, 3.8) is 0 Å². The van der Waals surface area contributed by atoms with Crippen LogP contribution in [0.25, 0.3) is 0 Å². The summed E-state index contributed by atoms with van der Waals surface area (Å²) in [5.74, 6) is 5.59. The minimum atomic E-state index is 0.113. The van der Waals surface area contributed by atoms with Gasteiger partial charge < -0.3 is 0 Å². The maximum Gasteiger partial charge on any atom is 0.0794 e. The summed E-state index contributed by atoms with van der Waals surface area (Å²) >= 11 is 1.64. The van der Waals surface area contributed by atoms with Gasteiger partial charge in [-0.15, -0.1) is 11.3 Å². The van der Waals surface area contributed by atoms with Gasteiger partial charge in [-0.05, 0) is 24.6 Å². The minimum absolute atomic E-state index is 0.113. The van der Waals surface area contributed by atoms with Crippen molar-refractivity contribution in [1.82, 2.24) is 15.4 Å². The number of hydrogen-bond acceptors (Lipinski definition) is 5. The fourth-order valence-electron chi connectivity index (χ4n) is 1.60. The fourth-order valence-corrected chi connectivity index (χ4v) is 2.24. The van der Waals surface area contributed by atoms with Crippen LogP contribution in [0.15, 0.2) is 30.0 Å². The van der Waals surface area contributed by atoms with Gasteiger partial charge in [-0.3, -0.25) is 21.2 Å². The number of nitrogens with two attached hydrogens (primary N) is 1. The summed E-state index contributed by atoms with van der Waals surface area (Å²) in [5.41, 5.74) is 6.83. The molecule has 0 saturated carbocycles. The molecular formula is C11H14N4S. The van der Waals surface area contributed by atoms with Crippen LogP contribution in [0.4, 0.5) is 0 Å². The Kier molecular flexibility index (Phi) is 3.61. The van der Waals surface area contributed by atoms with Gasteiger partial charge in [0.1, 0.15) is 0 Å². The van der Waals surface area contributed by atoms with Gasteiger partial charge in [-0.25, -0.2) is 0 Å². The van der Waals surface area contributed by atoms with E-state index in [0.29, 0.717) is 0 Å². The molecule has 0 bridgehead atoms. The summed E-state index contributed by atoms with van der Waals surface area (Å²) in [5, 5.41) is 0. The first-order chi connectivity index (χ1) is 7.79. The average molecular weight is 234 g/mol. The fraction of sp³-hybridized carbons (Fsp3) is 0.273.